The molecule has 1 fully saturated rings. The van der Waals surface area contributed by atoms with Gasteiger partial charge in [-0.15, -0.1) is 0 Å². The topological polar surface area (TPSA) is 85.8 Å². The van der Waals surface area contributed by atoms with Crippen molar-refractivity contribution in [3.63, 3.8) is 0 Å². The maximum Gasteiger partial charge on any atom is 0.275 e. The van der Waals surface area contributed by atoms with Crippen molar-refractivity contribution in [3.05, 3.63) is 42.5 Å². The predicted octanol–water partition coefficient (Wildman–Crippen LogP) is 2.28. The lowest BCUT2D eigenvalue weighted by atomic mass is 9.90. The highest BCUT2D eigenvalue weighted by Gasteiger charge is 2.26. The van der Waals surface area contributed by atoms with Crippen LogP contribution in [0.25, 0.3) is 11.4 Å². The van der Waals surface area contributed by atoms with Gasteiger partial charge >= 0.3 is 0 Å². The van der Waals surface area contributed by atoms with Crippen LogP contribution in [-0.4, -0.2) is 31.8 Å². The minimum absolute atomic E-state index is 0.169. The second-order valence-electron chi connectivity index (χ2n) is 5.91. The number of amides is 1. The number of hydrogen-bond acceptors (Lipinski definition) is 5. The van der Waals surface area contributed by atoms with E-state index in [9.17, 15) is 4.79 Å². The summed E-state index contributed by atoms with van der Waals surface area (Å²) in [6.45, 7) is 0. The van der Waals surface area contributed by atoms with Gasteiger partial charge in [-0.25, -0.2) is 9.61 Å². The van der Waals surface area contributed by atoms with Gasteiger partial charge in [0.15, 0.2) is 5.69 Å². The Balaban J connectivity index is 1.40. The zero-order chi connectivity index (χ0) is 15.6. The highest BCUT2D eigenvalue weighted by Crippen LogP contribution is 2.32. The van der Waals surface area contributed by atoms with Gasteiger partial charge in [-0.1, -0.05) is 5.16 Å². The van der Waals surface area contributed by atoms with E-state index in [0.29, 0.717) is 6.04 Å². The van der Waals surface area contributed by atoms with Gasteiger partial charge in [0.2, 0.25) is 0 Å². The summed E-state index contributed by atoms with van der Waals surface area (Å²) >= 11 is 0. The van der Waals surface area contributed by atoms with Crippen LogP contribution in [0.2, 0.25) is 0 Å². The van der Waals surface area contributed by atoms with E-state index in [0.717, 1.165) is 31.5 Å². The Labute approximate surface area is 133 Å². The molecule has 0 unspecified atom stereocenters. The van der Waals surface area contributed by atoms with Crippen molar-refractivity contribution in [2.24, 2.45) is 0 Å². The molecule has 3 aliphatic rings. The van der Waals surface area contributed by atoms with Gasteiger partial charge < -0.3 is 9.88 Å². The van der Waals surface area contributed by atoms with Crippen molar-refractivity contribution in [2.45, 2.75) is 37.8 Å². The number of nitrogens with one attached hydrogen (secondary N) is 1. The summed E-state index contributed by atoms with van der Waals surface area (Å²) < 4.78 is 6.72. The van der Waals surface area contributed by atoms with Crippen LogP contribution in [0.15, 0.2) is 41.4 Å². The second-order valence-corrected chi connectivity index (χ2v) is 5.91. The molecule has 118 valence electrons. The van der Waals surface area contributed by atoms with Gasteiger partial charge in [0.25, 0.3) is 5.91 Å². The van der Waals surface area contributed by atoms with Crippen LogP contribution >= 0.6 is 0 Å². The van der Waals surface area contributed by atoms with Gasteiger partial charge in [-0.2, -0.15) is 0 Å². The smallest absolute Gasteiger partial charge is 0.275 e. The lowest BCUT2D eigenvalue weighted by molar-refractivity contribution is 0.0912. The van der Waals surface area contributed by atoms with Crippen LogP contribution in [0, 0.1) is 0 Å². The molecule has 1 N–H and O–H groups in total. The third kappa shape index (κ3) is 2.69. The molecule has 3 heterocycles. The normalized spacial score (nSPS) is 21.4. The summed E-state index contributed by atoms with van der Waals surface area (Å²) in [6.07, 6.45) is 9.17. The van der Waals surface area contributed by atoms with Crippen molar-refractivity contribution in [3.8, 4) is 11.4 Å². The summed E-state index contributed by atoms with van der Waals surface area (Å²) in [5.74, 6) is 0.816. The molecule has 1 aliphatic carbocycles. The summed E-state index contributed by atoms with van der Waals surface area (Å²) in [6, 6.07) is 6.77. The number of hydrogen-bond donors (Lipinski definition) is 1. The predicted molar refractivity (Wildman–Crippen MR) is 81.9 cm³/mol. The minimum atomic E-state index is -0.220. The second kappa shape index (κ2) is 5.83. The Hall–Kier alpha value is -2.70. The minimum Gasteiger partial charge on any atom is -0.348 e. The van der Waals surface area contributed by atoms with E-state index in [4.69, 9.17) is 0 Å². The molecular weight excluding hydrogens is 294 g/mol. The molecule has 7 heteroatoms. The molecule has 0 bridgehead atoms. The quantitative estimate of drug-likeness (QED) is 0.802. The van der Waals surface area contributed by atoms with Crippen LogP contribution in [-0.2, 0) is 0 Å². The number of carbonyl (C=O) groups excluding carboxylic acids is 1. The molecule has 1 aromatic rings. The Morgan fingerprint density at radius 3 is 2.91 bits per heavy atom. The Morgan fingerprint density at radius 2 is 2.13 bits per heavy atom. The van der Waals surface area contributed by atoms with Crippen molar-refractivity contribution >= 4 is 5.91 Å². The summed E-state index contributed by atoms with van der Waals surface area (Å²) in [5, 5.41) is 10.0. The largest absolute Gasteiger partial charge is 0.348 e. The first-order chi connectivity index (χ1) is 11.3. The lowest BCUT2D eigenvalue weighted by Gasteiger charge is -2.31. The lowest BCUT2D eigenvalue weighted by Crippen LogP contribution is -2.38. The Kier molecular flexibility index (Phi) is 3.53. The fraction of sp³-hybridized carbons (Fsp3) is 0.375. The summed E-state index contributed by atoms with van der Waals surface area (Å²) in [5.41, 5.74) is 1.40. The molecule has 1 amide bonds. The van der Waals surface area contributed by atoms with E-state index in [2.05, 4.69) is 48.1 Å². The third-order valence-corrected chi connectivity index (χ3v) is 4.50. The number of nitrogens with zero attached hydrogens (tertiary/aromatic N) is 4. The highest BCUT2D eigenvalue weighted by atomic mass is 16.6. The Bertz CT molecular complexity index is 759. The van der Waals surface area contributed by atoms with Crippen LogP contribution < -0.4 is 5.32 Å². The van der Waals surface area contributed by atoms with Crippen molar-refractivity contribution < 1.29 is 9.42 Å². The fourth-order valence-corrected chi connectivity index (χ4v) is 3.31. The first-order valence-corrected chi connectivity index (χ1v) is 7.81. The SMILES string of the molecule is O=C(NC1CCC(n2cccc3ccnc2-3)CC1)c1cnon1. The molecule has 0 saturated heterocycles. The monoisotopic (exact) mass is 311 g/mol. The molecule has 0 spiro atoms. The van der Waals surface area contributed by atoms with Gasteiger partial charge in [-0.3, -0.25) is 4.79 Å². The van der Waals surface area contributed by atoms with Gasteiger partial charge in [0.05, 0.1) is 0 Å². The first kappa shape index (κ1) is 13.9. The molecule has 1 aromatic heterocycles. The molecule has 23 heavy (non-hydrogen) atoms. The molecule has 1 saturated carbocycles. The van der Waals surface area contributed by atoms with Crippen molar-refractivity contribution in [2.75, 3.05) is 0 Å². The van der Waals surface area contributed by atoms with Crippen molar-refractivity contribution in [1.82, 2.24) is 25.2 Å². The van der Waals surface area contributed by atoms with Crippen LogP contribution in [0.3, 0.4) is 0 Å². The van der Waals surface area contributed by atoms with E-state index >= 15 is 0 Å². The molecule has 0 aromatic carbocycles. The van der Waals surface area contributed by atoms with E-state index < -0.39 is 0 Å². The number of aromatic nitrogens is 4. The fourth-order valence-electron chi connectivity index (χ4n) is 3.31. The van der Waals surface area contributed by atoms with E-state index in [1.807, 2.05) is 12.3 Å². The van der Waals surface area contributed by atoms with Gasteiger partial charge in [0.1, 0.15) is 12.0 Å². The number of fused-ring (bicyclic) bond motifs is 1. The molecule has 2 aliphatic heterocycles. The maximum atomic E-state index is 12.0. The standard InChI is InChI=1S/C16H17N5O2/c22-16(14-10-18-23-20-14)19-12-3-5-13(6-4-12)21-9-1-2-11-7-8-17-15(11)21/h1-2,7-10,12-13H,3-6H2,(H,19,22). The zero-order valence-corrected chi connectivity index (χ0v) is 12.6. The van der Waals surface area contributed by atoms with E-state index in [-0.39, 0.29) is 17.6 Å². The zero-order valence-electron chi connectivity index (χ0n) is 12.6. The number of rotatable bonds is 3. The summed E-state index contributed by atoms with van der Waals surface area (Å²) in [7, 11) is 0. The van der Waals surface area contributed by atoms with Crippen LogP contribution in [0.1, 0.15) is 42.2 Å². The molecule has 7 nitrogen and oxygen atoms in total. The molecule has 0 atom stereocenters. The molecule has 4 rings (SSSR count). The van der Waals surface area contributed by atoms with Gasteiger partial charge in [0, 0.05) is 30.0 Å². The van der Waals surface area contributed by atoms with Crippen LogP contribution in [0.4, 0.5) is 0 Å². The summed E-state index contributed by atoms with van der Waals surface area (Å²) in [4.78, 5) is 16.4. The Morgan fingerprint density at radius 1 is 1.26 bits per heavy atom. The number of pyridine rings is 1. The van der Waals surface area contributed by atoms with E-state index in [1.165, 1.54) is 11.8 Å². The highest BCUT2D eigenvalue weighted by molar-refractivity contribution is 5.91. The molecular formula is C16H17N5O2. The maximum absolute atomic E-state index is 12.0. The number of carbonyl (C=O) groups is 1. The van der Waals surface area contributed by atoms with Crippen molar-refractivity contribution in [1.29, 1.82) is 0 Å². The molecule has 0 radical (unpaired) electrons. The van der Waals surface area contributed by atoms with Crippen LogP contribution in [0.5, 0.6) is 0 Å². The van der Waals surface area contributed by atoms with Gasteiger partial charge in [-0.05, 0) is 49.0 Å². The van der Waals surface area contributed by atoms with E-state index in [1.54, 1.807) is 0 Å². The first-order valence-electron chi connectivity index (χ1n) is 7.81. The third-order valence-electron chi connectivity index (χ3n) is 4.50. The average Bonchev–Trinajstić information content (AvgIpc) is 3.26. The average molecular weight is 311 g/mol.